The number of benzene rings is 1. The van der Waals surface area contributed by atoms with Crippen LogP contribution in [0.15, 0.2) is 29.8 Å². The second-order valence-electron chi connectivity index (χ2n) is 3.56. The molecule has 0 aromatic heterocycles. The number of nitrogens with zero attached hydrogens (tertiary/aromatic N) is 1. The minimum atomic E-state index is -0.369. The van der Waals surface area contributed by atoms with Crippen LogP contribution in [-0.4, -0.2) is 4.92 Å². The van der Waals surface area contributed by atoms with Crippen molar-refractivity contribution in [2.24, 2.45) is 0 Å². The highest BCUT2D eigenvalue weighted by Crippen LogP contribution is 2.35. The highest BCUT2D eigenvalue weighted by atomic mass is 16.6. The Balaban J connectivity index is 2.31. The molecule has 14 heavy (non-hydrogen) atoms. The summed E-state index contributed by atoms with van der Waals surface area (Å²) in [6, 6.07) is 6.79. The maximum atomic E-state index is 10.4. The summed E-state index contributed by atoms with van der Waals surface area (Å²) in [4.78, 5) is 10.1. The van der Waals surface area contributed by atoms with E-state index < -0.39 is 0 Å². The normalized spacial score (nSPS) is 15.2. The van der Waals surface area contributed by atoms with Crippen LogP contribution in [0.5, 0.6) is 0 Å². The predicted octanol–water partition coefficient (Wildman–Crippen LogP) is 3.16. The van der Waals surface area contributed by atoms with E-state index in [1.54, 1.807) is 12.1 Å². The highest BCUT2D eigenvalue weighted by Gasteiger charge is 2.15. The van der Waals surface area contributed by atoms with Crippen LogP contribution < -0.4 is 0 Å². The first-order valence-electron chi connectivity index (χ1n) is 4.62. The molecule has 3 heteroatoms. The van der Waals surface area contributed by atoms with Crippen LogP contribution in [-0.2, 0) is 0 Å². The van der Waals surface area contributed by atoms with Gasteiger partial charge in [-0.15, -0.1) is 0 Å². The average Bonchev–Trinajstić information content (AvgIpc) is 2.16. The molecule has 72 valence electrons. The van der Waals surface area contributed by atoms with Gasteiger partial charge in [0.05, 0.1) is 4.92 Å². The summed E-state index contributed by atoms with van der Waals surface area (Å²) < 4.78 is 0. The Morgan fingerprint density at radius 3 is 2.21 bits per heavy atom. The fraction of sp³-hybridized carbons (Fsp3) is 0.273. The Hall–Kier alpha value is -1.64. The fourth-order valence-corrected chi connectivity index (χ4v) is 1.68. The van der Waals surface area contributed by atoms with E-state index in [1.165, 1.54) is 11.1 Å². The maximum Gasteiger partial charge on any atom is 0.269 e. The van der Waals surface area contributed by atoms with Gasteiger partial charge in [-0.2, -0.15) is 0 Å². The van der Waals surface area contributed by atoms with Gasteiger partial charge in [0.1, 0.15) is 0 Å². The van der Waals surface area contributed by atoms with E-state index >= 15 is 0 Å². The molecule has 0 atom stereocenters. The van der Waals surface area contributed by atoms with E-state index in [4.69, 9.17) is 0 Å². The molecule has 0 aliphatic heterocycles. The minimum Gasteiger partial charge on any atom is -0.258 e. The summed E-state index contributed by atoms with van der Waals surface area (Å²) in [6.07, 6.45) is 2.26. The second-order valence-corrected chi connectivity index (χ2v) is 3.56. The SMILES string of the molecule is CC1=C(c2ccc([N+](=O)[O-])cc2)CC1. The minimum absolute atomic E-state index is 0.159. The molecule has 0 unspecified atom stereocenters. The molecular formula is C11H11NO2. The zero-order valence-electron chi connectivity index (χ0n) is 7.99. The van der Waals surface area contributed by atoms with Gasteiger partial charge >= 0.3 is 0 Å². The Morgan fingerprint density at radius 1 is 1.21 bits per heavy atom. The Labute approximate surface area is 82.2 Å². The van der Waals surface area contributed by atoms with E-state index in [9.17, 15) is 10.1 Å². The van der Waals surface area contributed by atoms with Gasteiger partial charge < -0.3 is 0 Å². The summed E-state index contributed by atoms with van der Waals surface area (Å²) in [5.74, 6) is 0. The van der Waals surface area contributed by atoms with Crippen LogP contribution in [0.25, 0.3) is 5.57 Å². The maximum absolute atomic E-state index is 10.4. The van der Waals surface area contributed by atoms with Gasteiger partial charge in [-0.3, -0.25) is 10.1 Å². The molecule has 0 fully saturated rings. The van der Waals surface area contributed by atoms with Crippen molar-refractivity contribution in [3.05, 3.63) is 45.5 Å². The van der Waals surface area contributed by atoms with E-state index in [-0.39, 0.29) is 10.6 Å². The van der Waals surface area contributed by atoms with E-state index in [2.05, 4.69) is 6.92 Å². The zero-order valence-corrected chi connectivity index (χ0v) is 7.99. The van der Waals surface area contributed by atoms with Gasteiger partial charge in [0.15, 0.2) is 0 Å². The second kappa shape index (κ2) is 3.25. The molecule has 0 radical (unpaired) electrons. The lowest BCUT2D eigenvalue weighted by Crippen LogP contribution is -2.00. The summed E-state index contributed by atoms with van der Waals surface area (Å²) in [5.41, 5.74) is 4.03. The summed E-state index contributed by atoms with van der Waals surface area (Å²) in [6.45, 7) is 2.11. The number of nitro groups is 1. The molecule has 1 aromatic rings. The lowest BCUT2D eigenvalue weighted by molar-refractivity contribution is -0.384. The molecule has 1 aliphatic rings. The van der Waals surface area contributed by atoms with Crippen molar-refractivity contribution in [3.63, 3.8) is 0 Å². The molecule has 0 N–H and O–H groups in total. The lowest BCUT2D eigenvalue weighted by atomic mass is 9.85. The van der Waals surface area contributed by atoms with E-state index in [0.717, 1.165) is 18.4 Å². The molecule has 0 saturated carbocycles. The van der Waals surface area contributed by atoms with Crippen LogP contribution in [0.1, 0.15) is 25.3 Å². The van der Waals surface area contributed by atoms with Gasteiger partial charge in [0.2, 0.25) is 0 Å². The van der Waals surface area contributed by atoms with E-state index in [0.29, 0.717) is 0 Å². The van der Waals surface area contributed by atoms with Crippen LogP contribution in [0.2, 0.25) is 0 Å². The number of hydrogen-bond donors (Lipinski definition) is 0. The van der Waals surface area contributed by atoms with Crippen molar-refractivity contribution in [1.29, 1.82) is 0 Å². The van der Waals surface area contributed by atoms with Crippen molar-refractivity contribution in [1.82, 2.24) is 0 Å². The largest absolute Gasteiger partial charge is 0.269 e. The summed E-state index contributed by atoms with van der Waals surface area (Å²) >= 11 is 0. The van der Waals surface area contributed by atoms with E-state index in [1.807, 2.05) is 12.1 Å². The van der Waals surface area contributed by atoms with Gasteiger partial charge in [-0.25, -0.2) is 0 Å². The summed E-state index contributed by atoms with van der Waals surface area (Å²) in [5, 5.41) is 10.4. The van der Waals surface area contributed by atoms with Crippen molar-refractivity contribution in [2.45, 2.75) is 19.8 Å². The first kappa shape index (κ1) is 8.94. The van der Waals surface area contributed by atoms with Crippen LogP contribution in [0.3, 0.4) is 0 Å². The molecule has 1 aromatic carbocycles. The number of non-ortho nitro benzene ring substituents is 1. The van der Waals surface area contributed by atoms with Crippen molar-refractivity contribution >= 4 is 11.3 Å². The van der Waals surface area contributed by atoms with Gasteiger partial charge in [-0.1, -0.05) is 5.57 Å². The fourth-order valence-electron chi connectivity index (χ4n) is 1.68. The Bertz CT molecular complexity index is 404. The Morgan fingerprint density at radius 2 is 1.86 bits per heavy atom. The topological polar surface area (TPSA) is 43.1 Å². The number of rotatable bonds is 2. The van der Waals surface area contributed by atoms with Gasteiger partial charge in [-0.05, 0) is 43.0 Å². The van der Waals surface area contributed by atoms with Crippen molar-refractivity contribution < 1.29 is 4.92 Å². The van der Waals surface area contributed by atoms with Crippen molar-refractivity contribution in [2.75, 3.05) is 0 Å². The smallest absolute Gasteiger partial charge is 0.258 e. The third-order valence-electron chi connectivity index (χ3n) is 2.69. The lowest BCUT2D eigenvalue weighted by Gasteiger charge is -2.20. The van der Waals surface area contributed by atoms with Crippen LogP contribution in [0.4, 0.5) is 5.69 Å². The predicted molar refractivity (Wildman–Crippen MR) is 54.9 cm³/mol. The molecular weight excluding hydrogens is 178 g/mol. The molecule has 0 amide bonds. The average molecular weight is 189 g/mol. The standard InChI is InChI=1S/C11H11NO2/c1-8-2-7-11(8)9-3-5-10(6-4-9)12(13)14/h3-6H,2,7H2,1H3. The molecule has 0 bridgehead atoms. The monoisotopic (exact) mass is 189 g/mol. The molecule has 2 rings (SSSR count). The molecule has 0 spiro atoms. The third kappa shape index (κ3) is 1.41. The number of nitro benzene ring substituents is 1. The van der Waals surface area contributed by atoms with Crippen molar-refractivity contribution in [3.8, 4) is 0 Å². The highest BCUT2D eigenvalue weighted by molar-refractivity contribution is 5.73. The summed E-state index contributed by atoms with van der Waals surface area (Å²) in [7, 11) is 0. The van der Waals surface area contributed by atoms with Gasteiger partial charge in [0, 0.05) is 12.1 Å². The first-order chi connectivity index (χ1) is 6.68. The quantitative estimate of drug-likeness (QED) is 0.529. The van der Waals surface area contributed by atoms with Gasteiger partial charge in [0.25, 0.3) is 5.69 Å². The van der Waals surface area contributed by atoms with Crippen LogP contribution >= 0.6 is 0 Å². The molecule has 1 aliphatic carbocycles. The molecule has 3 nitrogen and oxygen atoms in total. The third-order valence-corrected chi connectivity index (χ3v) is 2.69. The number of allylic oxidation sites excluding steroid dienone is 2. The van der Waals surface area contributed by atoms with Crippen LogP contribution in [0, 0.1) is 10.1 Å². The molecule has 0 heterocycles. The Kier molecular flexibility index (Phi) is 2.08. The number of hydrogen-bond acceptors (Lipinski definition) is 2. The zero-order chi connectivity index (χ0) is 10.1. The first-order valence-corrected chi connectivity index (χ1v) is 4.62. The molecule has 0 saturated heterocycles.